The lowest BCUT2D eigenvalue weighted by Gasteiger charge is -2.14. The van der Waals surface area contributed by atoms with Crippen molar-refractivity contribution < 1.29 is 19.6 Å². The van der Waals surface area contributed by atoms with Gasteiger partial charge in [-0.05, 0) is 24.8 Å². The predicted molar refractivity (Wildman–Crippen MR) is 83.3 cm³/mol. The number of hydrogen-bond acceptors (Lipinski definition) is 5. The summed E-state index contributed by atoms with van der Waals surface area (Å²) in [6.45, 7) is 1.91. The van der Waals surface area contributed by atoms with E-state index in [-0.39, 0.29) is 17.7 Å². The van der Waals surface area contributed by atoms with Gasteiger partial charge in [0, 0.05) is 11.0 Å². The van der Waals surface area contributed by atoms with E-state index in [1.54, 1.807) is 12.3 Å². The van der Waals surface area contributed by atoms with Crippen LogP contribution in [0.2, 0.25) is 0 Å². The lowest BCUT2D eigenvalue weighted by atomic mass is 10.1. The molecule has 22 heavy (non-hydrogen) atoms. The van der Waals surface area contributed by atoms with Crippen LogP contribution in [0.4, 0.5) is 5.69 Å². The van der Waals surface area contributed by atoms with Crippen LogP contribution in [0.25, 0.3) is 0 Å². The number of nitrogens with one attached hydrogen (secondary N) is 1. The topological polar surface area (TPSA) is 110 Å². The summed E-state index contributed by atoms with van der Waals surface area (Å²) >= 11 is 1.34. The van der Waals surface area contributed by atoms with Crippen molar-refractivity contribution in [3.63, 3.8) is 0 Å². The summed E-state index contributed by atoms with van der Waals surface area (Å²) in [5.74, 6) is -1.89. The van der Waals surface area contributed by atoms with Crippen molar-refractivity contribution in [1.29, 1.82) is 0 Å². The van der Waals surface area contributed by atoms with E-state index in [1.807, 2.05) is 6.92 Å². The largest absolute Gasteiger partial charge is 0.480 e. The van der Waals surface area contributed by atoms with Gasteiger partial charge in [0.1, 0.15) is 11.6 Å². The van der Waals surface area contributed by atoms with Crippen molar-refractivity contribution >= 4 is 29.3 Å². The zero-order chi connectivity index (χ0) is 16.7. The van der Waals surface area contributed by atoms with Gasteiger partial charge in [-0.25, -0.2) is 4.79 Å². The molecule has 0 aliphatic rings. The molecule has 0 saturated heterocycles. The number of nitro benzene ring substituents is 1. The number of nitrogens with zero attached hydrogens (tertiary/aromatic N) is 1. The molecule has 0 aliphatic carbocycles. The number of carboxylic acids is 1. The first-order valence-corrected chi connectivity index (χ1v) is 7.99. The fraction of sp³-hybridized carbons (Fsp3) is 0.429. The Kier molecular flexibility index (Phi) is 6.84. The van der Waals surface area contributed by atoms with Gasteiger partial charge in [0.15, 0.2) is 0 Å². The number of carbonyl (C=O) groups is 2. The molecule has 2 N–H and O–H groups in total. The Balaban J connectivity index is 3.04. The maximum absolute atomic E-state index is 12.2. The second-order valence-electron chi connectivity index (χ2n) is 4.65. The van der Waals surface area contributed by atoms with Gasteiger partial charge in [0.25, 0.3) is 11.6 Å². The van der Waals surface area contributed by atoms with E-state index in [0.717, 1.165) is 6.42 Å². The van der Waals surface area contributed by atoms with Crippen molar-refractivity contribution in [3.05, 3.63) is 33.9 Å². The van der Waals surface area contributed by atoms with Crippen LogP contribution in [0, 0.1) is 10.1 Å². The molecule has 8 heteroatoms. The molecule has 1 aromatic carbocycles. The molecule has 0 aromatic heterocycles. The summed E-state index contributed by atoms with van der Waals surface area (Å²) in [4.78, 5) is 34.4. The highest BCUT2D eigenvalue weighted by atomic mass is 32.2. The second-order valence-corrected chi connectivity index (χ2v) is 5.53. The van der Waals surface area contributed by atoms with Gasteiger partial charge in [-0.3, -0.25) is 14.9 Å². The summed E-state index contributed by atoms with van der Waals surface area (Å²) < 4.78 is 0. The average Bonchev–Trinajstić information content (AvgIpc) is 2.49. The van der Waals surface area contributed by atoms with Crippen molar-refractivity contribution in [1.82, 2.24) is 5.32 Å². The third-order valence-electron chi connectivity index (χ3n) is 3.09. The van der Waals surface area contributed by atoms with Crippen LogP contribution in [0.1, 0.15) is 36.5 Å². The molecular formula is C14H18N2O5S. The van der Waals surface area contributed by atoms with Gasteiger partial charge in [-0.2, -0.15) is 0 Å². The van der Waals surface area contributed by atoms with Crippen LogP contribution >= 0.6 is 11.8 Å². The zero-order valence-electron chi connectivity index (χ0n) is 12.4. The van der Waals surface area contributed by atoms with Gasteiger partial charge in [0.05, 0.1) is 4.92 Å². The SMILES string of the molecule is CCCCC(NC(=O)c1cc(SC)ccc1[N+](=O)[O-])C(=O)O. The zero-order valence-corrected chi connectivity index (χ0v) is 13.2. The Morgan fingerprint density at radius 3 is 2.64 bits per heavy atom. The van der Waals surface area contributed by atoms with Crippen LogP contribution in [0.5, 0.6) is 0 Å². The molecule has 7 nitrogen and oxygen atoms in total. The van der Waals surface area contributed by atoms with E-state index in [0.29, 0.717) is 11.3 Å². The molecule has 0 aliphatic heterocycles. The molecule has 0 spiro atoms. The van der Waals surface area contributed by atoms with Gasteiger partial charge in [-0.1, -0.05) is 19.8 Å². The third kappa shape index (κ3) is 4.73. The number of aliphatic carboxylic acids is 1. The summed E-state index contributed by atoms with van der Waals surface area (Å²) in [7, 11) is 0. The average molecular weight is 326 g/mol. The minimum Gasteiger partial charge on any atom is -0.480 e. The van der Waals surface area contributed by atoms with Crippen LogP contribution in [0.3, 0.4) is 0 Å². The van der Waals surface area contributed by atoms with Crippen molar-refractivity contribution in [2.75, 3.05) is 6.26 Å². The molecule has 0 fully saturated rings. The van der Waals surface area contributed by atoms with Crippen LogP contribution in [-0.2, 0) is 4.79 Å². The fourth-order valence-electron chi connectivity index (χ4n) is 1.88. The van der Waals surface area contributed by atoms with E-state index in [9.17, 15) is 19.7 Å². The highest BCUT2D eigenvalue weighted by Gasteiger charge is 2.25. The number of carboxylic acid groups (broad SMARTS) is 1. The number of rotatable bonds is 8. The first kappa shape index (κ1) is 18.0. The molecule has 0 heterocycles. The molecular weight excluding hydrogens is 308 g/mol. The number of unbranched alkanes of at least 4 members (excludes halogenated alkanes) is 1. The smallest absolute Gasteiger partial charge is 0.326 e. The second kappa shape index (κ2) is 8.38. The Morgan fingerprint density at radius 2 is 2.14 bits per heavy atom. The highest BCUT2D eigenvalue weighted by Crippen LogP contribution is 2.25. The Bertz CT molecular complexity index is 576. The molecule has 1 atom stereocenters. The third-order valence-corrected chi connectivity index (χ3v) is 3.82. The van der Waals surface area contributed by atoms with Crippen molar-refractivity contribution in [2.24, 2.45) is 0 Å². The number of nitro groups is 1. The maximum atomic E-state index is 12.2. The minimum absolute atomic E-state index is 0.125. The lowest BCUT2D eigenvalue weighted by molar-refractivity contribution is -0.385. The quantitative estimate of drug-likeness (QED) is 0.432. The monoisotopic (exact) mass is 326 g/mol. The van der Waals surface area contributed by atoms with Crippen LogP contribution < -0.4 is 5.32 Å². The van der Waals surface area contributed by atoms with E-state index in [4.69, 9.17) is 5.11 Å². The minimum atomic E-state index is -1.15. The first-order valence-electron chi connectivity index (χ1n) is 6.76. The Morgan fingerprint density at radius 1 is 1.45 bits per heavy atom. The van der Waals surface area contributed by atoms with Gasteiger partial charge in [-0.15, -0.1) is 11.8 Å². The molecule has 120 valence electrons. The van der Waals surface area contributed by atoms with Gasteiger partial charge >= 0.3 is 5.97 Å². The van der Waals surface area contributed by atoms with Crippen molar-refractivity contribution in [3.8, 4) is 0 Å². The number of thioether (sulfide) groups is 1. The Labute approximate surface area is 132 Å². The predicted octanol–water partition coefficient (Wildman–Crippen LogP) is 2.69. The molecule has 1 unspecified atom stereocenters. The van der Waals surface area contributed by atoms with Crippen LogP contribution in [0.15, 0.2) is 23.1 Å². The molecule has 0 bridgehead atoms. The van der Waals surface area contributed by atoms with E-state index in [1.165, 1.54) is 23.9 Å². The first-order chi connectivity index (χ1) is 10.4. The molecule has 1 amide bonds. The van der Waals surface area contributed by atoms with Crippen LogP contribution in [-0.4, -0.2) is 34.2 Å². The lowest BCUT2D eigenvalue weighted by Crippen LogP contribution is -2.40. The van der Waals surface area contributed by atoms with Gasteiger partial charge < -0.3 is 10.4 Å². The number of amides is 1. The maximum Gasteiger partial charge on any atom is 0.326 e. The van der Waals surface area contributed by atoms with E-state index in [2.05, 4.69) is 5.32 Å². The number of carbonyl (C=O) groups excluding carboxylic acids is 1. The van der Waals surface area contributed by atoms with E-state index < -0.39 is 22.8 Å². The highest BCUT2D eigenvalue weighted by molar-refractivity contribution is 7.98. The normalized spacial score (nSPS) is 11.7. The summed E-state index contributed by atoms with van der Waals surface area (Å²) in [6.07, 6.45) is 3.50. The van der Waals surface area contributed by atoms with E-state index >= 15 is 0 Å². The van der Waals surface area contributed by atoms with Gasteiger partial charge in [0.2, 0.25) is 0 Å². The summed E-state index contributed by atoms with van der Waals surface area (Å²) in [6, 6.07) is 3.15. The number of benzene rings is 1. The molecule has 1 aromatic rings. The van der Waals surface area contributed by atoms with Crippen molar-refractivity contribution in [2.45, 2.75) is 37.1 Å². The fourth-order valence-corrected chi connectivity index (χ4v) is 2.32. The number of hydrogen-bond donors (Lipinski definition) is 2. The molecule has 0 saturated carbocycles. The summed E-state index contributed by atoms with van der Waals surface area (Å²) in [5, 5.41) is 22.5. The standard InChI is InChI=1S/C14H18N2O5S/c1-3-4-5-11(14(18)19)15-13(17)10-8-9(22-2)6-7-12(10)16(20)21/h6-8,11H,3-5H2,1-2H3,(H,15,17)(H,18,19). The summed E-state index contributed by atoms with van der Waals surface area (Å²) in [5.41, 5.74) is -0.463. The Hall–Kier alpha value is -2.09. The molecule has 0 radical (unpaired) electrons. The molecule has 1 rings (SSSR count).